The van der Waals surface area contributed by atoms with Crippen LogP contribution in [0.3, 0.4) is 0 Å². The third-order valence-electron chi connectivity index (χ3n) is 1.78. The van der Waals surface area contributed by atoms with Crippen molar-refractivity contribution in [3.63, 3.8) is 0 Å². The van der Waals surface area contributed by atoms with Gasteiger partial charge in [0.15, 0.2) is 0 Å². The molecule has 0 spiro atoms. The quantitative estimate of drug-likeness (QED) is 0.607. The number of amidine groups is 1. The first-order valence-corrected chi connectivity index (χ1v) is 4.66. The van der Waals surface area contributed by atoms with E-state index in [-0.39, 0.29) is 0 Å². The molecule has 80 valence electrons. The van der Waals surface area contributed by atoms with Gasteiger partial charge < -0.3 is 10.1 Å². The highest BCUT2D eigenvalue weighted by atomic mass is 16.5. The maximum Gasteiger partial charge on any atom is 0.213 e. The Hall–Kier alpha value is -1.84. The smallest absolute Gasteiger partial charge is 0.213 e. The highest BCUT2D eigenvalue weighted by Crippen LogP contribution is 2.10. The molecule has 0 saturated carbocycles. The fourth-order valence-electron chi connectivity index (χ4n) is 1.05. The minimum atomic E-state index is 0.599. The maximum absolute atomic E-state index is 4.96. The van der Waals surface area contributed by atoms with Crippen molar-refractivity contribution in [2.75, 3.05) is 19.5 Å². The molecule has 1 rings (SSSR count). The zero-order chi connectivity index (χ0) is 11.1. The van der Waals surface area contributed by atoms with Gasteiger partial charge in [-0.3, -0.25) is 4.99 Å². The molecule has 4 heteroatoms. The lowest BCUT2D eigenvalue weighted by Crippen LogP contribution is -2.08. The van der Waals surface area contributed by atoms with Gasteiger partial charge in [-0.25, -0.2) is 4.98 Å². The first-order chi connectivity index (χ1) is 7.30. The van der Waals surface area contributed by atoms with Crippen molar-refractivity contribution in [3.05, 3.63) is 30.5 Å². The van der Waals surface area contributed by atoms with Crippen LogP contribution in [0.25, 0.3) is 0 Å². The summed E-state index contributed by atoms with van der Waals surface area (Å²) >= 11 is 0. The predicted octanol–water partition coefficient (Wildman–Crippen LogP) is 2.11. The molecule has 0 saturated heterocycles. The van der Waals surface area contributed by atoms with E-state index in [4.69, 9.17) is 4.74 Å². The van der Waals surface area contributed by atoms with Crippen LogP contribution < -0.4 is 10.1 Å². The molecule has 0 aliphatic heterocycles. The molecular formula is C11H15N3O. The monoisotopic (exact) mass is 205 g/mol. The Morgan fingerprint density at radius 2 is 2.33 bits per heavy atom. The van der Waals surface area contributed by atoms with E-state index in [0.29, 0.717) is 5.88 Å². The number of aromatic nitrogens is 1. The van der Waals surface area contributed by atoms with Gasteiger partial charge >= 0.3 is 0 Å². The van der Waals surface area contributed by atoms with Crippen molar-refractivity contribution in [2.24, 2.45) is 4.99 Å². The Labute approximate surface area is 89.7 Å². The summed E-state index contributed by atoms with van der Waals surface area (Å²) in [7, 11) is 3.33. The summed E-state index contributed by atoms with van der Waals surface area (Å²) in [6, 6.07) is 3.69. The molecular weight excluding hydrogens is 190 g/mol. The van der Waals surface area contributed by atoms with Crippen LogP contribution in [0.4, 0.5) is 5.69 Å². The first kappa shape index (κ1) is 11.2. The second-order valence-corrected chi connectivity index (χ2v) is 2.82. The van der Waals surface area contributed by atoms with Crippen LogP contribution in [0.15, 0.2) is 35.5 Å². The molecule has 0 aliphatic rings. The SMILES string of the molecule is CC=CC(=NC)Nc1ccc(OC)nc1. The number of nitrogens with zero attached hydrogens (tertiary/aromatic N) is 2. The normalized spacial score (nSPS) is 11.8. The van der Waals surface area contributed by atoms with E-state index in [1.807, 2.05) is 25.1 Å². The predicted molar refractivity (Wildman–Crippen MR) is 62.6 cm³/mol. The fraction of sp³-hybridized carbons (Fsp3) is 0.273. The third-order valence-corrected chi connectivity index (χ3v) is 1.78. The summed E-state index contributed by atoms with van der Waals surface area (Å²) in [4.78, 5) is 8.16. The number of pyridine rings is 1. The van der Waals surface area contributed by atoms with Gasteiger partial charge in [-0.05, 0) is 19.1 Å². The standard InChI is InChI=1S/C11H15N3O/c1-4-5-10(12-2)14-9-6-7-11(15-3)13-8-9/h4-8H,1-3H3,(H,12,14). The number of methoxy groups -OCH3 is 1. The van der Waals surface area contributed by atoms with Crippen molar-refractivity contribution >= 4 is 11.5 Å². The van der Waals surface area contributed by atoms with Gasteiger partial charge in [0.25, 0.3) is 0 Å². The molecule has 4 nitrogen and oxygen atoms in total. The Balaban J connectivity index is 2.72. The summed E-state index contributed by atoms with van der Waals surface area (Å²) in [5.74, 6) is 1.39. The minimum absolute atomic E-state index is 0.599. The zero-order valence-electron chi connectivity index (χ0n) is 9.19. The number of aliphatic imine (C=N–C) groups is 1. The van der Waals surface area contributed by atoms with Crippen LogP contribution in [0, 0.1) is 0 Å². The van der Waals surface area contributed by atoms with Gasteiger partial charge in [0.1, 0.15) is 5.84 Å². The number of rotatable bonds is 3. The highest BCUT2D eigenvalue weighted by Gasteiger charge is 1.96. The second-order valence-electron chi connectivity index (χ2n) is 2.82. The molecule has 0 amide bonds. The number of allylic oxidation sites excluding steroid dienone is 1. The molecule has 15 heavy (non-hydrogen) atoms. The first-order valence-electron chi connectivity index (χ1n) is 4.66. The summed E-state index contributed by atoms with van der Waals surface area (Å²) in [6.45, 7) is 1.94. The zero-order valence-corrected chi connectivity index (χ0v) is 9.19. The molecule has 0 fully saturated rings. The minimum Gasteiger partial charge on any atom is -0.481 e. The molecule has 0 radical (unpaired) electrons. The van der Waals surface area contributed by atoms with Crippen LogP contribution in [0.2, 0.25) is 0 Å². The largest absolute Gasteiger partial charge is 0.481 e. The van der Waals surface area contributed by atoms with E-state index >= 15 is 0 Å². The van der Waals surface area contributed by atoms with E-state index in [2.05, 4.69) is 15.3 Å². The lowest BCUT2D eigenvalue weighted by Gasteiger charge is -2.05. The van der Waals surface area contributed by atoms with E-state index in [0.717, 1.165) is 11.5 Å². The Morgan fingerprint density at radius 3 is 2.80 bits per heavy atom. The number of nitrogens with one attached hydrogen (secondary N) is 1. The van der Waals surface area contributed by atoms with E-state index in [1.54, 1.807) is 26.4 Å². The van der Waals surface area contributed by atoms with Crippen molar-refractivity contribution < 1.29 is 4.74 Å². The second kappa shape index (κ2) is 5.80. The van der Waals surface area contributed by atoms with Crippen molar-refractivity contribution in [2.45, 2.75) is 6.92 Å². The molecule has 1 aromatic rings. The fourth-order valence-corrected chi connectivity index (χ4v) is 1.05. The summed E-state index contributed by atoms with van der Waals surface area (Å²) in [5, 5.41) is 3.13. The lowest BCUT2D eigenvalue weighted by molar-refractivity contribution is 0.398. The summed E-state index contributed by atoms with van der Waals surface area (Å²) in [5.41, 5.74) is 0.884. The Morgan fingerprint density at radius 1 is 1.53 bits per heavy atom. The Kier molecular flexibility index (Phi) is 4.34. The summed E-state index contributed by atoms with van der Waals surface area (Å²) in [6.07, 6.45) is 5.52. The van der Waals surface area contributed by atoms with Crippen LogP contribution in [0.5, 0.6) is 5.88 Å². The highest BCUT2D eigenvalue weighted by molar-refractivity contribution is 6.03. The van der Waals surface area contributed by atoms with Gasteiger partial charge in [0.05, 0.1) is 19.0 Å². The molecule has 0 unspecified atom stereocenters. The van der Waals surface area contributed by atoms with Crippen molar-refractivity contribution in [1.82, 2.24) is 4.98 Å². The van der Waals surface area contributed by atoms with E-state index < -0.39 is 0 Å². The molecule has 0 bridgehead atoms. The van der Waals surface area contributed by atoms with Gasteiger partial charge in [-0.1, -0.05) is 6.08 Å². The van der Waals surface area contributed by atoms with E-state index in [9.17, 15) is 0 Å². The van der Waals surface area contributed by atoms with Crippen LogP contribution in [0.1, 0.15) is 6.92 Å². The Bertz CT molecular complexity index is 355. The average molecular weight is 205 g/mol. The van der Waals surface area contributed by atoms with Gasteiger partial charge in [-0.15, -0.1) is 0 Å². The lowest BCUT2D eigenvalue weighted by atomic mass is 10.4. The van der Waals surface area contributed by atoms with Gasteiger partial charge in [0, 0.05) is 13.1 Å². The number of anilines is 1. The van der Waals surface area contributed by atoms with Crippen LogP contribution in [-0.2, 0) is 0 Å². The molecule has 0 aliphatic carbocycles. The van der Waals surface area contributed by atoms with Crippen LogP contribution >= 0.6 is 0 Å². The molecule has 0 atom stereocenters. The third kappa shape index (κ3) is 3.42. The van der Waals surface area contributed by atoms with E-state index in [1.165, 1.54) is 0 Å². The topological polar surface area (TPSA) is 46.5 Å². The molecule has 1 heterocycles. The van der Waals surface area contributed by atoms with Gasteiger partial charge in [-0.2, -0.15) is 0 Å². The number of ether oxygens (including phenoxy) is 1. The van der Waals surface area contributed by atoms with Crippen molar-refractivity contribution in [1.29, 1.82) is 0 Å². The molecule has 0 aromatic carbocycles. The van der Waals surface area contributed by atoms with Crippen LogP contribution in [-0.4, -0.2) is 25.0 Å². The number of hydrogen-bond donors (Lipinski definition) is 1. The molecule has 1 aromatic heterocycles. The maximum atomic E-state index is 4.96. The van der Waals surface area contributed by atoms with Gasteiger partial charge in [0.2, 0.25) is 5.88 Å². The van der Waals surface area contributed by atoms with Crippen molar-refractivity contribution in [3.8, 4) is 5.88 Å². The molecule has 1 N–H and O–H groups in total. The summed E-state index contributed by atoms with van der Waals surface area (Å²) < 4.78 is 4.96. The number of hydrogen-bond acceptors (Lipinski definition) is 3. The average Bonchev–Trinajstić information content (AvgIpc) is 2.29.